The van der Waals surface area contributed by atoms with Crippen LogP contribution < -0.4 is 10.8 Å². The molecule has 4 heteroatoms. The zero-order valence-corrected chi connectivity index (χ0v) is 15.1. The van der Waals surface area contributed by atoms with E-state index < -0.39 is 5.54 Å². The molecule has 0 saturated heterocycles. The highest BCUT2D eigenvalue weighted by Gasteiger charge is 2.28. The summed E-state index contributed by atoms with van der Waals surface area (Å²) in [4.78, 5) is 17.8. The minimum atomic E-state index is -0.790. The zero-order valence-electron chi connectivity index (χ0n) is 15.1. The SMILES string of the molecule is Cc1cc(C)c(NC(C)(C)C(=O)NOCc2ccccc2)c(C)c1. The van der Waals surface area contributed by atoms with Gasteiger partial charge in [-0.15, -0.1) is 0 Å². The highest BCUT2D eigenvalue weighted by atomic mass is 16.6. The van der Waals surface area contributed by atoms with Gasteiger partial charge >= 0.3 is 0 Å². The van der Waals surface area contributed by atoms with E-state index in [0.29, 0.717) is 6.61 Å². The maximum Gasteiger partial charge on any atom is 0.268 e. The lowest BCUT2D eigenvalue weighted by Gasteiger charge is -2.28. The maximum atomic E-state index is 12.5. The number of amides is 1. The van der Waals surface area contributed by atoms with Gasteiger partial charge in [0, 0.05) is 5.69 Å². The van der Waals surface area contributed by atoms with Crippen LogP contribution in [0.15, 0.2) is 42.5 Å². The summed E-state index contributed by atoms with van der Waals surface area (Å²) in [6.45, 7) is 10.2. The van der Waals surface area contributed by atoms with Crippen molar-refractivity contribution in [1.29, 1.82) is 0 Å². The van der Waals surface area contributed by atoms with Crippen molar-refractivity contribution in [2.45, 2.75) is 46.8 Å². The summed E-state index contributed by atoms with van der Waals surface area (Å²) in [5.74, 6) is -0.210. The molecule has 0 saturated carbocycles. The number of hydrogen-bond donors (Lipinski definition) is 2. The largest absolute Gasteiger partial charge is 0.371 e. The van der Waals surface area contributed by atoms with E-state index in [1.54, 1.807) is 0 Å². The normalized spacial score (nSPS) is 11.2. The van der Waals surface area contributed by atoms with Crippen LogP contribution >= 0.6 is 0 Å². The highest BCUT2D eigenvalue weighted by Crippen LogP contribution is 2.25. The summed E-state index contributed by atoms with van der Waals surface area (Å²) in [6.07, 6.45) is 0. The lowest BCUT2D eigenvalue weighted by Crippen LogP contribution is -2.48. The Hall–Kier alpha value is -2.33. The summed E-state index contributed by atoms with van der Waals surface area (Å²) in [5, 5.41) is 3.34. The van der Waals surface area contributed by atoms with Gasteiger partial charge in [-0.25, -0.2) is 5.48 Å². The fraction of sp³-hybridized carbons (Fsp3) is 0.350. The smallest absolute Gasteiger partial charge is 0.268 e. The standard InChI is InChI=1S/C20H26N2O2/c1-14-11-15(2)18(16(3)12-14)21-20(4,5)19(23)22-24-13-17-9-7-6-8-10-17/h6-12,21H,13H2,1-5H3,(H,22,23). The number of nitrogens with one attached hydrogen (secondary N) is 2. The molecule has 0 unspecified atom stereocenters. The predicted molar refractivity (Wildman–Crippen MR) is 97.7 cm³/mol. The molecule has 2 aromatic carbocycles. The van der Waals surface area contributed by atoms with Crippen molar-refractivity contribution in [1.82, 2.24) is 5.48 Å². The van der Waals surface area contributed by atoms with Crippen LogP contribution in [0.4, 0.5) is 5.69 Å². The molecule has 0 fully saturated rings. The summed E-state index contributed by atoms with van der Waals surface area (Å²) in [6, 6.07) is 13.9. The number of anilines is 1. The van der Waals surface area contributed by atoms with Crippen molar-refractivity contribution in [2.24, 2.45) is 0 Å². The molecule has 0 aromatic heterocycles. The molecule has 0 bridgehead atoms. The second-order valence-corrected chi connectivity index (χ2v) is 6.73. The van der Waals surface area contributed by atoms with Gasteiger partial charge in [-0.2, -0.15) is 0 Å². The number of hydroxylamine groups is 1. The van der Waals surface area contributed by atoms with Crippen molar-refractivity contribution in [2.75, 3.05) is 5.32 Å². The molecule has 128 valence electrons. The van der Waals surface area contributed by atoms with Crippen LogP contribution in [0.25, 0.3) is 0 Å². The Kier molecular flexibility index (Phi) is 5.62. The Bertz CT molecular complexity index is 686. The van der Waals surface area contributed by atoms with Crippen molar-refractivity contribution in [3.05, 3.63) is 64.7 Å². The van der Waals surface area contributed by atoms with Gasteiger partial charge in [0.15, 0.2) is 0 Å². The zero-order chi connectivity index (χ0) is 17.7. The monoisotopic (exact) mass is 326 g/mol. The molecule has 0 radical (unpaired) electrons. The van der Waals surface area contributed by atoms with Crippen LogP contribution in [-0.2, 0) is 16.2 Å². The first-order chi connectivity index (χ1) is 11.3. The first kappa shape index (κ1) is 18.0. The van der Waals surface area contributed by atoms with Crippen molar-refractivity contribution >= 4 is 11.6 Å². The van der Waals surface area contributed by atoms with Crippen LogP contribution in [0.5, 0.6) is 0 Å². The average Bonchev–Trinajstić information content (AvgIpc) is 2.52. The first-order valence-electron chi connectivity index (χ1n) is 8.12. The topological polar surface area (TPSA) is 50.4 Å². The Morgan fingerprint density at radius 2 is 1.62 bits per heavy atom. The van der Waals surface area contributed by atoms with E-state index in [2.05, 4.69) is 29.9 Å². The van der Waals surface area contributed by atoms with E-state index in [4.69, 9.17) is 4.84 Å². The molecule has 0 aliphatic rings. The third-order valence-corrected chi connectivity index (χ3v) is 3.93. The molecule has 0 atom stereocenters. The Morgan fingerprint density at radius 1 is 1.04 bits per heavy atom. The Labute approximate surface area is 144 Å². The number of aryl methyl sites for hydroxylation is 3. The van der Waals surface area contributed by atoms with Crippen molar-refractivity contribution in [3.63, 3.8) is 0 Å². The molecule has 2 N–H and O–H groups in total. The number of benzene rings is 2. The molecule has 0 heterocycles. The molecular weight excluding hydrogens is 300 g/mol. The minimum Gasteiger partial charge on any atom is -0.371 e. The van der Waals surface area contributed by atoms with Gasteiger partial charge in [0.25, 0.3) is 5.91 Å². The van der Waals surface area contributed by atoms with Gasteiger partial charge in [-0.3, -0.25) is 9.63 Å². The molecule has 24 heavy (non-hydrogen) atoms. The second-order valence-electron chi connectivity index (χ2n) is 6.73. The third kappa shape index (κ3) is 4.59. The van der Waals surface area contributed by atoms with Gasteiger partial charge in [0.2, 0.25) is 0 Å². The Balaban J connectivity index is 1.98. The van der Waals surface area contributed by atoms with E-state index in [1.165, 1.54) is 5.56 Å². The van der Waals surface area contributed by atoms with Gasteiger partial charge in [-0.05, 0) is 51.3 Å². The molecule has 0 aliphatic carbocycles. The molecule has 0 spiro atoms. The van der Waals surface area contributed by atoms with E-state index in [0.717, 1.165) is 22.4 Å². The van der Waals surface area contributed by atoms with E-state index in [-0.39, 0.29) is 5.91 Å². The lowest BCUT2D eigenvalue weighted by atomic mass is 9.99. The molecule has 2 aromatic rings. The predicted octanol–water partition coefficient (Wildman–Crippen LogP) is 4.05. The van der Waals surface area contributed by atoms with E-state index >= 15 is 0 Å². The fourth-order valence-corrected chi connectivity index (χ4v) is 2.63. The fourth-order valence-electron chi connectivity index (χ4n) is 2.63. The van der Waals surface area contributed by atoms with Crippen LogP contribution in [0, 0.1) is 20.8 Å². The minimum absolute atomic E-state index is 0.210. The first-order valence-corrected chi connectivity index (χ1v) is 8.12. The molecule has 1 amide bonds. The molecule has 0 aliphatic heterocycles. The third-order valence-electron chi connectivity index (χ3n) is 3.93. The van der Waals surface area contributed by atoms with Crippen molar-refractivity contribution in [3.8, 4) is 0 Å². The number of rotatable bonds is 6. The number of carbonyl (C=O) groups is 1. The summed E-state index contributed by atoms with van der Waals surface area (Å²) >= 11 is 0. The number of carbonyl (C=O) groups excluding carboxylic acids is 1. The number of hydrogen-bond acceptors (Lipinski definition) is 3. The van der Waals surface area contributed by atoms with Crippen LogP contribution in [0.2, 0.25) is 0 Å². The highest BCUT2D eigenvalue weighted by molar-refractivity contribution is 5.88. The molecule has 4 nitrogen and oxygen atoms in total. The molecular formula is C20H26N2O2. The molecule has 2 rings (SSSR count). The second kappa shape index (κ2) is 7.49. The lowest BCUT2D eigenvalue weighted by molar-refractivity contribution is -0.138. The maximum absolute atomic E-state index is 12.5. The van der Waals surface area contributed by atoms with E-state index in [9.17, 15) is 4.79 Å². The van der Waals surface area contributed by atoms with Crippen LogP contribution in [0.3, 0.4) is 0 Å². The quantitative estimate of drug-likeness (QED) is 0.787. The van der Waals surface area contributed by atoms with Gasteiger partial charge < -0.3 is 5.32 Å². The summed E-state index contributed by atoms with van der Waals surface area (Å²) < 4.78 is 0. The Morgan fingerprint density at radius 3 is 2.21 bits per heavy atom. The summed E-state index contributed by atoms with van der Waals surface area (Å²) in [5.41, 5.74) is 7.21. The average molecular weight is 326 g/mol. The van der Waals surface area contributed by atoms with Gasteiger partial charge in [0.05, 0.1) is 6.61 Å². The van der Waals surface area contributed by atoms with Crippen LogP contribution in [-0.4, -0.2) is 11.4 Å². The van der Waals surface area contributed by atoms with Gasteiger partial charge in [0.1, 0.15) is 5.54 Å². The van der Waals surface area contributed by atoms with Gasteiger partial charge in [-0.1, -0.05) is 48.0 Å². The summed E-state index contributed by atoms with van der Waals surface area (Å²) in [7, 11) is 0. The van der Waals surface area contributed by atoms with Crippen LogP contribution in [0.1, 0.15) is 36.1 Å². The van der Waals surface area contributed by atoms with Crippen molar-refractivity contribution < 1.29 is 9.63 Å². The van der Waals surface area contributed by atoms with E-state index in [1.807, 2.05) is 58.0 Å².